The first-order valence-electron chi connectivity index (χ1n) is 6.02. The van der Waals surface area contributed by atoms with Crippen molar-refractivity contribution in [1.29, 1.82) is 0 Å². The van der Waals surface area contributed by atoms with Crippen molar-refractivity contribution in [1.82, 2.24) is 0 Å². The summed E-state index contributed by atoms with van der Waals surface area (Å²) in [6.45, 7) is 0.409. The second-order valence-electron chi connectivity index (χ2n) is 4.76. The maximum Gasteiger partial charge on any atom is 0.293 e. The second-order valence-corrected chi connectivity index (χ2v) is 5.93. The molecule has 0 aliphatic heterocycles. The third kappa shape index (κ3) is 2.97. The van der Waals surface area contributed by atoms with Gasteiger partial charge in [-0.1, -0.05) is 0 Å². The Kier molecular flexibility index (Phi) is 4.24. The van der Waals surface area contributed by atoms with Gasteiger partial charge >= 0.3 is 0 Å². The van der Waals surface area contributed by atoms with Gasteiger partial charge in [-0.15, -0.1) is 0 Å². The van der Waals surface area contributed by atoms with Crippen molar-refractivity contribution in [3.63, 3.8) is 0 Å². The molecule has 0 heterocycles. The maximum atomic E-state index is 13.7. The van der Waals surface area contributed by atoms with Gasteiger partial charge in [-0.3, -0.25) is 10.1 Å². The third-order valence-electron chi connectivity index (χ3n) is 3.50. The number of benzene rings is 1. The first kappa shape index (κ1) is 14.4. The van der Waals surface area contributed by atoms with E-state index in [0.717, 1.165) is 12.8 Å². The summed E-state index contributed by atoms with van der Waals surface area (Å²) in [5.74, 6) is 0.0107. The zero-order valence-corrected chi connectivity index (χ0v) is 12.6. The van der Waals surface area contributed by atoms with Crippen molar-refractivity contribution >= 4 is 34.0 Å². The van der Waals surface area contributed by atoms with Crippen molar-refractivity contribution < 1.29 is 9.31 Å². The van der Waals surface area contributed by atoms with Gasteiger partial charge in [0.2, 0.25) is 0 Å². The molecule has 1 unspecified atom stereocenters. The van der Waals surface area contributed by atoms with Gasteiger partial charge in [0.05, 0.1) is 8.49 Å². The first-order valence-corrected chi connectivity index (χ1v) is 7.10. The van der Waals surface area contributed by atoms with Gasteiger partial charge < -0.3 is 10.6 Å². The molecule has 0 amide bonds. The fraction of sp³-hybridized carbons (Fsp3) is 0.500. The molecule has 5 nitrogen and oxygen atoms in total. The molecule has 2 N–H and O–H groups in total. The van der Waals surface area contributed by atoms with Crippen molar-refractivity contribution in [3.8, 4) is 0 Å². The van der Waals surface area contributed by atoms with E-state index in [1.165, 1.54) is 12.1 Å². The van der Waals surface area contributed by atoms with Crippen LogP contribution in [0.3, 0.4) is 0 Å². The molecule has 1 fully saturated rings. The molecular weight excluding hydrogens is 364 g/mol. The minimum Gasteiger partial charge on any atom is -0.364 e. The summed E-state index contributed by atoms with van der Waals surface area (Å²) in [5, 5.41) is 11.1. The lowest BCUT2D eigenvalue weighted by molar-refractivity contribution is -0.384. The Bertz CT molecular complexity index is 508. The first-order chi connectivity index (χ1) is 8.95. The fourth-order valence-corrected chi connectivity index (χ4v) is 2.73. The van der Waals surface area contributed by atoms with E-state index in [1.54, 1.807) is 34.5 Å². The number of nitrogens with zero attached hydrogens (tertiary/aromatic N) is 2. The number of halogens is 2. The highest BCUT2D eigenvalue weighted by atomic mass is 127. The standard InChI is InChI=1S/C12H15FIN3O2/c1-16(12(6-15)7-2-3-7)10-4-8(13)9(14)5-11(10)17(18)19/h4-5,7,12H,2-3,6,15H2,1H3. The van der Waals surface area contributed by atoms with Crippen LogP contribution in [0.1, 0.15) is 12.8 Å². The lowest BCUT2D eigenvalue weighted by Crippen LogP contribution is -2.40. The van der Waals surface area contributed by atoms with E-state index >= 15 is 0 Å². The highest BCUT2D eigenvalue weighted by Crippen LogP contribution is 2.39. The summed E-state index contributed by atoms with van der Waals surface area (Å²) >= 11 is 1.75. The molecule has 7 heteroatoms. The lowest BCUT2D eigenvalue weighted by atomic mass is 10.1. The van der Waals surface area contributed by atoms with E-state index in [9.17, 15) is 14.5 Å². The van der Waals surface area contributed by atoms with E-state index in [-0.39, 0.29) is 15.3 Å². The number of anilines is 1. The van der Waals surface area contributed by atoms with Crippen LogP contribution in [0.25, 0.3) is 0 Å². The molecule has 0 saturated heterocycles. The molecule has 1 saturated carbocycles. The summed E-state index contributed by atoms with van der Waals surface area (Å²) < 4.78 is 13.9. The molecule has 1 aliphatic rings. The van der Waals surface area contributed by atoms with Crippen LogP contribution in [-0.4, -0.2) is 24.6 Å². The number of rotatable bonds is 5. The number of nitro benzene ring substituents is 1. The Morgan fingerprint density at radius 1 is 1.63 bits per heavy atom. The molecule has 19 heavy (non-hydrogen) atoms. The quantitative estimate of drug-likeness (QED) is 0.485. The van der Waals surface area contributed by atoms with E-state index in [0.29, 0.717) is 18.2 Å². The van der Waals surface area contributed by atoms with Gasteiger partial charge in [0.25, 0.3) is 5.69 Å². The highest BCUT2D eigenvalue weighted by molar-refractivity contribution is 14.1. The second kappa shape index (κ2) is 5.58. The Labute approximate surface area is 124 Å². The van der Waals surface area contributed by atoms with Crippen LogP contribution in [0.15, 0.2) is 12.1 Å². The van der Waals surface area contributed by atoms with Crippen molar-refractivity contribution in [2.75, 3.05) is 18.5 Å². The number of nitro groups is 1. The monoisotopic (exact) mass is 379 g/mol. The van der Waals surface area contributed by atoms with Gasteiger partial charge in [-0.2, -0.15) is 0 Å². The zero-order valence-electron chi connectivity index (χ0n) is 10.5. The van der Waals surface area contributed by atoms with Crippen LogP contribution < -0.4 is 10.6 Å². The molecule has 2 rings (SSSR count). The normalized spacial score (nSPS) is 16.2. The van der Waals surface area contributed by atoms with E-state index in [2.05, 4.69) is 0 Å². The Morgan fingerprint density at radius 3 is 2.74 bits per heavy atom. The van der Waals surface area contributed by atoms with Crippen LogP contribution in [-0.2, 0) is 0 Å². The summed E-state index contributed by atoms with van der Waals surface area (Å²) in [7, 11) is 1.74. The fourth-order valence-electron chi connectivity index (χ4n) is 2.28. The predicted octanol–water partition coefficient (Wildman–Crippen LogP) is 2.51. The van der Waals surface area contributed by atoms with E-state index in [1.807, 2.05) is 0 Å². The lowest BCUT2D eigenvalue weighted by Gasteiger charge is -2.29. The molecule has 1 aromatic carbocycles. The predicted molar refractivity (Wildman–Crippen MR) is 79.7 cm³/mol. The van der Waals surface area contributed by atoms with E-state index in [4.69, 9.17) is 5.73 Å². The zero-order chi connectivity index (χ0) is 14.2. The topological polar surface area (TPSA) is 72.4 Å². The minimum absolute atomic E-state index is 0.0261. The summed E-state index contributed by atoms with van der Waals surface area (Å²) in [4.78, 5) is 12.4. The molecule has 0 aromatic heterocycles. The van der Waals surface area contributed by atoms with Gasteiger partial charge in [0.1, 0.15) is 11.5 Å². The molecule has 0 radical (unpaired) electrons. The minimum atomic E-state index is -0.478. The smallest absolute Gasteiger partial charge is 0.293 e. The molecular formula is C12H15FIN3O2. The summed E-state index contributed by atoms with van der Waals surface area (Å²) in [6.07, 6.45) is 2.15. The van der Waals surface area contributed by atoms with Crippen molar-refractivity contribution in [2.45, 2.75) is 18.9 Å². The van der Waals surface area contributed by atoms with Gasteiger partial charge in [-0.05, 0) is 41.4 Å². The van der Waals surface area contributed by atoms with Gasteiger partial charge in [0.15, 0.2) is 0 Å². The number of hydrogen-bond acceptors (Lipinski definition) is 4. The Hall–Kier alpha value is -0.960. The summed E-state index contributed by atoms with van der Waals surface area (Å²) in [5.41, 5.74) is 5.96. The van der Waals surface area contributed by atoms with Gasteiger partial charge in [-0.25, -0.2) is 4.39 Å². The van der Waals surface area contributed by atoms with Crippen LogP contribution >= 0.6 is 22.6 Å². The average Bonchev–Trinajstić information content (AvgIpc) is 3.17. The third-order valence-corrected chi connectivity index (χ3v) is 4.33. The maximum absolute atomic E-state index is 13.7. The Balaban J connectivity index is 2.41. The Morgan fingerprint density at radius 2 is 2.26 bits per heavy atom. The average molecular weight is 379 g/mol. The van der Waals surface area contributed by atoms with Crippen LogP contribution in [0.5, 0.6) is 0 Å². The van der Waals surface area contributed by atoms with Crippen molar-refractivity contribution in [2.24, 2.45) is 11.7 Å². The largest absolute Gasteiger partial charge is 0.364 e. The number of hydrogen-bond donors (Lipinski definition) is 1. The van der Waals surface area contributed by atoms with Gasteiger partial charge in [0, 0.05) is 31.8 Å². The molecule has 1 atom stereocenters. The molecule has 104 valence electrons. The molecule has 1 aliphatic carbocycles. The summed E-state index contributed by atoms with van der Waals surface area (Å²) in [6, 6.07) is 2.52. The van der Waals surface area contributed by atoms with Crippen molar-refractivity contribution in [3.05, 3.63) is 31.6 Å². The van der Waals surface area contributed by atoms with Crippen LogP contribution in [0, 0.1) is 25.4 Å². The molecule has 1 aromatic rings. The number of nitrogens with two attached hydrogens (primary N) is 1. The molecule has 0 spiro atoms. The highest BCUT2D eigenvalue weighted by Gasteiger charge is 2.35. The molecule has 0 bridgehead atoms. The van der Waals surface area contributed by atoms with Crippen LogP contribution in [0.4, 0.5) is 15.8 Å². The SMILES string of the molecule is CN(c1cc(F)c(I)cc1[N+](=O)[O-])C(CN)C1CC1. The van der Waals surface area contributed by atoms with E-state index < -0.39 is 10.7 Å². The van der Waals surface area contributed by atoms with Crippen LogP contribution in [0.2, 0.25) is 0 Å². The number of likely N-dealkylation sites (N-methyl/N-ethyl adjacent to an activating group) is 1.